The number of fused-ring (bicyclic) bond motifs is 1. The van der Waals surface area contributed by atoms with E-state index in [0.29, 0.717) is 44.8 Å². The van der Waals surface area contributed by atoms with E-state index in [1.165, 1.54) is 46.6 Å². The Bertz CT molecular complexity index is 1230. The number of likely N-dealkylation sites (tertiary alicyclic amines) is 1. The molecule has 1 aliphatic heterocycles. The van der Waals surface area contributed by atoms with Gasteiger partial charge in [0.15, 0.2) is 0 Å². The van der Waals surface area contributed by atoms with Crippen LogP contribution in [0.4, 0.5) is 0 Å². The molecule has 1 fully saturated rings. The summed E-state index contributed by atoms with van der Waals surface area (Å²) in [6.07, 6.45) is 4.78. The third kappa shape index (κ3) is 5.73. The molecule has 0 aliphatic carbocycles. The second kappa shape index (κ2) is 11.1. The van der Waals surface area contributed by atoms with Crippen LogP contribution in [0.1, 0.15) is 64.8 Å². The first kappa shape index (κ1) is 24.9. The standard InChI is InChI=1S/C26H34N4O2S2/c1-16-9-10-17(2)20(14-16)33-15-21-28-24(31)22-19(4)23(34-26(22)29-21)25(32)27-11-7-13-30-12-6-5-8-18(30)3/h9-10,14,18H,5-8,11-13,15H2,1-4H3,(H,27,32)(H,28,29,31). The molecule has 1 unspecified atom stereocenters. The first-order valence-corrected chi connectivity index (χ1v) is 13.9. The first-order chi connectivity index (χ1) is 16.3. The summed E-state index contributed by atoms with van der Waals surface area (Å²) >= 11 is 2.97. The van der Waals surface area contributed by atoms with Gasteiger partial charge in [0.1, 0.15) is 10.7 Å². The molecule has 4 rings (SSSR count). The van der Waals surface area contributed by atoms with Crippen molar-refractivity contribution < 1.29 is 4.79 Å². The van der Waals surface area contributed by atoms with E-state index in [0.717, 1.165) is 19.5 Å². The van der Waals surface area contributed by atoms with Gasteiger partial charge in [-0.05, 0) is 70.7 Å². The predicted octanol–water partition coefficient (Wildman–Crippen LogP) is 5.20. The lowest BCUT2D eigenvalue weighted by atomic mass is 10.0. The molecule has 0 bridgehead atoms. The highest BCUT2D eigenvalue weighted by Crippen LogP contribution is 2.29. The van der Waals surface area contributed by atoms with Crippen LogP contribution < -0.4 is 10.9 Å². The van der Waals surface area contributed by atoms with Crippen molar-refractivity contribution in [1.82, 2.24) is 20.2 Å². The zero-order valence-electron chi connectivity index (χ0n) is 20.5. The lowest BCUT2D eigenvalue weighted by molar-refractivity contribution is 0.0952. The predicted molar refractivity (Wildman–Crippen MR) is 142 cm³/mol. The Kier molecular flexibility index (Phi) is 8.11. The minimum absolute atomic E-state index is 0.113. The molecule has 182 valence electrons. The largest absolute Gasteiger partial charge is 0.351 e. The molecule has 1 amide bonds. The number of thiophene rings is 1. The number of nitrogens with one attached hydrogen (secondary N) is 2. The molecule has 0 saturated carbocycles. The van der Waals surface area contributed by atoms with E-state index in [4.69, 9.17) is 0 Å². The zero-order valence-corrected chi connectivity index (χ0v) is 22.1. The fraction of sp³-hybridized carbons (Fsp3) is 0.500. The SMILES string of the molecule is Cc1ccc(C)c(SCc2nc3sc(C(=O)NCCCN4CCCCC4C)c(C)c3c(=O)[nH]2)c1. The van der Waals surface area contributed by atoms with Crippen molar-refractivity contribution in [3.63, 3.8) is 0 Å². The van der Waals surface area contributed by atoms with Crippen LogP contribution in [0.15, 0.2) is 27.9 Å². The van der Waals surface area contributed by atoms with Crippen LogP contribution in [-0.2, 0) is 5.75 Å². The molecule has 6 nitrogen and oxygen atoms in total. The maximum Gasteiger partial charge on any atom is 0.261 e. The Labute approximate surface area is 209 Å². The molecule has 1 atom stereocenters. The van der Waals surface area contributed by atoms with E-state index in [9.17, 15) is 9.59 Å². The maximum absolute atomic E-state index is 12.9. The Morgan fingerprint density at radius 1 is 1.29 bits per heavy atom. The Balaban J connectivity index is 1.41. The molecule has 8 heteroatoms. The van der Waals surface area contributed by atoms with Gasteiger partial charge in [0, 0.05) is 24.0 Å². The van der Waals surface area contributed by atoms with Crippen LogP contribution in [0.5, 0.6) is 0 Å². The van der Waals surface area contributed by atoms with Gasteiger partial charge < -0.3 is 15.2 Å². The minimum atomic E-state index is -0.173. The summed E-state index contributed by atoms with van der Waals surface area (Å²) in [6, 6.07) is 6.99. The van der Waals surface area contributed by atoms with Crippen molar-refractivity contribution in [3.8, 4) is 0 Å². The second-order valence-electron chi connectivity index (χ2n) is 9.30. The first-order valence-electron chi connectivity index (χ1n) is 12.1. The van der Waals surface area contributed by atoms with Crippen molar-refractivity contribution >= 4 is 39.2 Å². The number of aryl methyl sites for hydroxylation is 3. The van der Waals surface area contributed by atoms with Crippen molar-refractivity contribution in [1.29, 1.82) is 0 Å². The van der Waals surface area contributed by atoms with Crippen LogP contribution >= 0.6 is 23.1 Å². The molecule has 1 aliphatic rings. The van der Waals surface area contributed by atoms with E-state index in [1.54, 1.807) is 11.8 Å². The number of aromatic nitrogens is 2. The average Bonchev–Trinajstić information content (AvgIpc) is 3.15. The number of H-pyrrole nitrogens is 1. The molecule has 1 saturated heterocycles. The maximum atomic E-state index is 12.9. The number of hydrogen-bond donors (Lipinski definition) is 2. The van der Waals surface area contributed by atoms with Gasteiger partial charge in [-0.25, -0.2) is 4.98 Å². The van der Waals surface area contributed by atoms with Gasteiger partial charge in [-0.15, -0.1) is 23.1 Å². The summed E-state index contributed by atoms with van der Waals surface area (Å²) in [5.74, 6) is 1.09. The Morgan fingerprint density at radius 2 is 2.12 bits per heavy atom. The van der Waals surface area contributed by atoms with Crippen LogP contribution in [0, 0.1) is 20.8 Å². The Morgan fingerprint density at radius 3 is 2.91 bits per heavy atom. The van der Waals surface area contributed by atoms with E-state index >= 15 is 0 Å². The van der Waals surface area contributed by atoms with Crippen LogP contribution in [0.3, 0.4) is 0 Å². The minimum Gasteiger partial charge on any atom is -0.351 e. The number of carbonyl (C=O) groups excluding carboxylic acids is 1. The zero-order chi connectivity index (χ0) is 24.2. The molecule has 34 heavy (non-hydrogen) atoms. The van der Waals surface area contributed by atoms with E-state index in [-0.39, 0.29) is 11.5 Å². The quantitative estimate of drug-likeness (QED) is 0.330. The summed E-state index contributed by atoms with van der Waals surface area (Å²) < 4.78 is 0. The lowest BCUT2D eigenvalue weighted by Gasteiger charge is -2.33. The number of benzene rings is 1. The number of hydrogen-bond acceptors (Lipinski definition) is 6. The summed E-state index contributed by atoms with van der Waals surface area (Å²) in [7, 11) is 0. The van der Waals surface area contributed by atoms with Gasteiger partial charge in [-0.2, -0.15) is 0 Å². The van der Waals surface area contributed by atoms with Crippen molar-refractivity contribution in [2.45, 2.75) is 70.1 Å². The van der Waals surface area contributed by atoms with E-state index in [2.05, 4.69) is 59.2 Å². The van der Waals surface area contributed by atoms with Crippen LogP contribution in [0.2, 0.25) is 0 Å². The van der Waals surface area contributed by atoms with Gasteiger partial charge in [0.05, 0.1) is 16.0 Å². The monoisotopic (exact) mass is 498 g/mol. The summed E-state index contributed by atoms with van der Waals surface area (Å²) in [5, 5.41) is 3.57. The number of carbonyl (C=O) groups is 1. The van der Waals surface area contributed by atoms with Gasteiger partial charge in [0.2, 0.25) is 0 Å². The second-order valence-corrected chi connectivity index (χ2v) is 11.3. The summed E-state index contributed by atoms with van der Waals surface area (Å²) in [4.78, 5) is 38.2. The van der Waals surface area contributed by atoms with E-state index in [1.807, 2.05) is 6.92 Å². The van der Waals surface area contributed by atoms with Gasteiger partial charge in [-0.3, -0.25) is 9.59 Å². The average molecular weight is 499 g/mol. The van der Waals surface area contributed by atoms with Crippen molar-refractivity contribution in [2.75, 3.05) is 19.6 Å². The molecule has 3 heterocycles. The normalized spacial score (nSPS) is 16.8. The number of rotatable bonds is 8. The third-order valence-corrected chi connectivity index (χ3v) is 8.97. The summed E-state index contributed by atoms with van der Waals surface area (Å²) in [6.45, 7) is 11.1. The highest BCUT2D eigenvalue weighted by molar-refractivity contribution is 7.98. The van der Waals surface area contributed by atoms with Crippen molar-refractivity contribution in [3.05, 3.63) is 55.9 Å². The van der Waals surface area contributed by atoms with Crippen molar-refractivity contribution in [2.24, 2.45) is 0 Å². The number of amides is 1. The molecule has 1 aromatic carbocycles. The number of thioether (sulfide) groups is 1. The van der Waals surface area contributed by atoms with Gasteiger partial charge in [-0.1, -0.05) is 24.1 Å². The third-order valence-electron chi connectivity index (χ3n) is 6.61. The lowest BCUT2D eigenvalue weighted by Crippen LogP contribution is -2.39. The summed E-state index contributed by atoms with van der Waals surface area (Å²) in [5.41, 5.74) is 2.96. The van der Waals surface area contributed by atoms with Crippen LogP contribution in [0.25, 0.3) is 10.2 Å². The fourth-order valence-electron chi connectivity index (χ4n) is 4.54. The molecule has 3 aromatic rings. The topological polar surface area (TPSA) is 78.1 Å². The number of piperidine rings is 1. The molecular formula is C26H34N4O2S2. The molecule has 0 radical (unpaired) electrons. The highest BCUT2D eigenvalue weighted by Gasteiger charge is 2.20. The van der Waals surface area contributed by atoms with Gasteiger partial charge in [0.25, 0.3) is 11.5 Å². The molecular weight excluding hydrogens is 464 g/mol. The number of nitrogens with zero attached hydrogens (tertiary/aromatic N) is 2. The molecule has 2 N–H and O–H groups in total. The van der Waals surface area contributed by atoms with Crippen LogP contribution in [-0.4, -0.2) is 46.5 Å². The Hall–Kier alpha value is -2.16. The highest BCUT2D eigenvalue weighted by atomic mass is 32.2. The number of aromatic amines is 1. The van der Waals surface area contributed by atoms with E-state index < -0.39 is 0 Å². The smallest absolute Gasteiger partial charge is 0.261 e. The molecule has 0 spiro atoms. The molecule has 2 aromatic heterocycles. The fourth-order valence-corrected chi connectivity index (χ4v) is 6.65. The van der Waals surface area contributed by atoms with Gasteiger partial charge >= 0.3 is 0 Å².